The minimum atomic E-state index is -0.803. The van der Waals surface area contributed by atoms with Crippen molar-refractivity contribution in [2.75, 3.05) is 20.2 Å². The van der Waals surface area contributed by atoms with E-state index in [4.69, 9.17) is 21.6 Å². The molecule has 2 unspecified atom stereocenters. The molecule has 35 heavy (non-hydrogen) atoms. The number of likely N-dealkylation sites (N-methyl/N-ethyl adjacent to an activating group) is 1. The van der Waals surface area contributed by atoms with Gasteiger partial charge in [0, 0.05) is 41.5 Å². The lowest BCUT2D eigenvalue weighted by molar-refractivity contribution is -0.146. The lowest BCUT2D eigenvalue weighted by Gasteiger charge is -2.33. The summed E-state index contributed by atoms with van der Waals surface area (Å²) in [5, 5.41) is 9.32. The van der Waals surface area contributed by atoms with Crippen LogP contribution in [0.2, 0.25) is 5.02 Å². The summed E-state index contributed by atoms with van der Waals surface area (Å²) in [6, 6.07) is 18.9. The number of nitriles is 1. The molecule has 2 aromatic carbocycles. The number of halogens is 1. The molecule has 0 saturated heterocycles. The summed E-state index contributed by atoms with van der Waals surface area (Å²) in [6.07, 6.45) is 3.97. The molecule has 0 aliphatic carbocycles. The minimum Gasteiger partial charge on any atom is -0.464 e. The Morgan fingerprint density at radius 1 is 1.17 bits per heavy atom. The van der Waals surface area contributed by atoms with E-state index in [2.05, 4.69) is 4.99 Å². The third-order valence-electron chi connectivity index (χ3n) is 5.81. The first kappa shape index (κ1) is 25.9. The van der Waals surface area contributed by atoms with Crippen molar-refractivity contribution in [3.8, 4) is 6.07 Å². The summed E-state index contributed by atoms with van der Waals surface area (Å²) >= 11 is 6.28. The summed E-state index contributed by atoms with van der Waals surface area (Å²) in [7, 11) is 1.72. The largest absolute Gasteiger partial charge is 0.464 e. The average Bonchev–Trinajstić information content (AvgIpc) is 2.84. The maximum Gasteiger partial charge on any atom is 0.315 e. The standard InChI is InChI=1S/C28H28ClN3O3/c1-19-24(27(33)32(3)16-8-12-21-10-5-4-6-11-21)26(22-13-7-14-23(29)18-22)25(20(2)31-19)28(34)35-17-9-15-30/h4-8,10-14,18,25-26H,9,16-17H2,1-3H3. The Balaban J connectivity index is 1.95. The van der Waals surface area contributed by atoms with Gasteiger partial charge in [-0.15, -0.1) is 0 Å². The second-order valence-electron chi connectivity index (χ2n) is 8.34. The number of carbonyl (C=O) groups excluding carboxylic acids is 2. The van der Waals surface area contributed by atoms with Crippen LogP contribution in [0.25, 0.3) is 6.08 Å². The monoisotopic (exact) mass is 489 g/mol. The van der Waals surface area contributed by atoms with Gasteiger partial charge in [0.1, 0.15) is 12.5 Å². The number of nitrogens with zero attached hydrogens (tertiary/aromatic N) is 3. The molecule has 1 amide bonds. The zero-order valence-electron chi connectivity index (χ0n) is 20.1. The van der Waals surface area contributed by atoms with Crippen molar-refractivity contribution >= 4 is 35.3 Å². The third kappa shape index (κ3) is 6.46. The second-order valence-corrected chi connectivity index (χ2v) is 8.77. The first-order chi connectivity index (χ1) is 16.8. The first-order valence-electron chi connectivity index (χ1n) is 11.4. The van der Waals surface area contributed by atoms with Crippen molar-refractivity contribution in [1.82, 2.24) is 4.90 Å². The average molecular weight is 490 g/mol. The van der Waals surface area contributed by atoms with E-state index in [1.165, 1.54) is 0 Å². The Bertz CT molecular complexity index is 1210. The first-order valence-corrected chi connectivity index (χ1v) is 11.7. The number of hydrogen-bond acceptors (Lipinski definition) is 5. The fourth-order valence-corrected chi connectivity index (χ4v) is 4.37. The Kier molecular flexibility index (Phi) is 8.99. The topological polar surface area (TPSA) is 82.8 Å². The van der Waals surface area contributed by atoms with Crippen LogP contribution in [0.15, 0.2) is 76.9 Å². The van der Waals surface area contributed by atoms with Crippen molar-refractivity contribution in [3.05, 3.63) is 88.1 Å². The fourth-order valence-electron chi connectivity index (χ4n) is 4.17. The molecule has 1 heterocycles. The van der Waals surface area contributed by atoms with Gasteiger partial charge in [-0.1, -0.05) is 66.2 Å². The van der Waals surface area contributed by atoms with Gasteiger partial charge >= 0.3 is 5.97 Å². The fraction of sp³-hybridized carbons (Fsp3) is 0.286. The van der Waals surface area contributed by atoms with E-state index >= 15 is 0 Å². The summed E-state index contributed by atoms with van der Waals surface area (Å²) in [5.74, 6) is -2.16. The highest BCUT2D eigenvalue weighted by atomic mass is 35.5. The van der Waals surface area contributed by atoms with Gasteiger partial charge in [-0.3, -0.25) is 14.6 Å². The molecule has 2 aromatic rings. The van der Waals surface area contributed by atoms with E-state index in [9.17, 15) is 9.59 Å². The van der Waals surface area contributed by atoms with Gasteiger partial charge in [0.25, 0.3) is 5.91 Å². The van der Waals surface area contributed by atoms with Crippen LogP contribution in [-0.4, -0.2) is 42.7 Å². The molecular formula is C28H28ClN3O3. The highest BCUT2D eigenvalue weighted by Crippen LogP contribution is 2.41. The van der Waals surface area contributed by atoms with Gasteiger partial charge in [0.05, 0.1) is 12.5 Å². The summed E-state index contributed by atoms with van der Waals surface area (Å²) in [6.45, 7) is 3.90. The Hall–Kier alpha value is -3.69. The third-order valence-corrected chi connectivity index (χ3v) is 6.05. The molecule has 2 atom stereocenters. The molecule has 0 saturated carbocycles. The molecule has 1 aliphatic rings. The van der Waals surface area contributed by atoms with Crippen molar-refractivity contribution < 1.29 is 14.3 Å². The molecule has 3 rings (SSSR count). The maximum absolute atomic E-state index is 13.7. The number of allylic oxidation sites excluding steroid dienone is 1. The van der Waals surface area contributed by atoms with E-state index in [1.807, 2.05) is 54.6 Å². The quantitative estimate of drug-likeness (QED) is 0.366. The van der Waals surface area contributed by atoms with Crippen molar-refractivity contribution in [2.24, 2.45) is 10.9 Å². The molecule has 0 bridgehead atoms. The molecular weight excluding hydrogens is 462 g/mol. The Labute approximate surface area is 211 Å². The van der Waals surface area contributed by atoms with Gasteiger partial charge < -0.3 is 9.64 Å². The highest BCUT2D eigenvalue weighted by molar-refractivity contribution is 6.30. The van der Waals surface area contributed by atoms with E-state index in [0.717, 1.165) is 11.1 Å². The number of hydrogen-bond donors (Lipinski definition) is 0. The maximum atomic E-state index is 13.7. The molecule has 0 aromatic heterocycles. The molecule has 1 aliphatic heterocycles. The van der Waals surface area contributed by atoms with Crippen LogP contribution < -0.4 is 0 Å². The number of rotatable bonds is 8. The van der Waals surface area contributed by atoms with E-state index in [-0.39, 0.29) is 18.9 Å². The Morgan fingerprint density at radius 2 is 1.91 bits per heavy atom. The molecule has 6 nitrogen and oxygen atoms in total. The number of ether oxygens (including phenoxy) is 1. The normalized spacial score (nSPS) is 17.6. The highest BCUT2D eigenvalue weighted by Gasteiger charge is 2.42. The second kappa shape index (κ2) is 12.1. The van der Waals surface area contributed by atoms with Crippen molar-refractivity contribution in [2.45, 2.75) is 26.2 Å². The van der Waals surface area contributed by atoms with Crippen LogP contribution in [0, 0.1) is 17.2 Å². The van der Waals surface area contributed by atoms with Crippen LogP contribution in [0.5, 0.6) is 0 Å². The summed E-state index contributed by atoms with van der Waals surface area (Å²) in [5.41, 5.74) is 3.30. The van der Waals surface area contributed by atoms with Crippen LogP contribution in [0.1, 0.15) is 37.3 Å². The van der Waals surface area contributed by atoms with Crippen LogP contribution >= 0.6 is 11.6 Å². The predicted octanol–water partition coefficient (Wildman–Crippen LogP) is 5.42. The van der Waals surface area contributed by atoms with E-state index in [1.54, 1.807) is 44.0 Å². The lowest BCUT2D eigenvalue weighted by atomic mass is 9.75. The SMILES string of the molecule is CC1=NC(C)=C(C(=O)N(C)CC=Cc2ccccc2)C(c2cccc(Cl)c2)C1C(=O)OCCC#N. The molecule has 180 valence electrons. The molecule has 0 fully saturated rings. The van der Waals surface area contributed by atoms with Gasteiger partial charge in [-0.05, 0) is 37.1 Å². The lowest BCUT2D eigenvalue weighted by Crippen LogP contribution is -2.40. The predicted molar refractivity (Wildman–Crippen MR) is 138 cm³/mol. The van der Waals surface area contributed by atoms with Gasteiger partial charge in [-0.25, -0.2) is 0 Å². The smallest absolute Gasteiger partial charge is 0.315 e. The summed E-state index contributed by atoms with van der Waals surface area (Å²) < 4.78 is 5.38. The zero-order valence-corrected chi connectivity index (χ0v) is 20.8. The number of carbonyl (C=O) groups is 2. The number of benzene rings is 2. The molecule has 7 heteroatoms. The Morgan fingerprint density at radius 3 is 2.60 bits per heavy atom. The van der Waals surface area contributed by atoms with Crippen LogP contribution in [0.3, 0.4) is 0 Å². The van der Waals surface area contributed by atoms with Gasteiger partial charge in [0.15, 0.2) is 0 Å². The van der Waals surface area contributed by atoms with E-state index in [0.29, 0.717) is 28.5 Å². The van der Waals surface area contributed by atoms with Gasteiger partial charge in [0.2, 0.25) is 0 Å². The number of amides is 1. The van der Waals surface area contributed by atoms with Crippen molar-refractivity contribution in [3.63, 3.8) is 0 Å². The van der Waals surface area contributed by atoms with Crippen LogP contribution in [-0.2, 0) is 14.3 Å². The number of aliphatic imine (C=N–C) groups is 1. The number of esters is 1. The van der Waals surface area contributed by atoms with Crippen LogP contribution in [0.4, 0.5) is 0 Å². The van der Waals surface area contributed by atoms with Crippen molar-refractivity contribution in [1.29, 1.82) is 5.26 Å². The van der Waals surface area contributed by atoms with E-state index < -0.39 is 17.8 Å². The van der Waals surface area contributed by atoms with Gasteiger partial charge in [-0.2, -0.15) is 5.26 Å². The minimum absolute atomic E-state index is 0.0163. The molecule has 0 spiro atoms. The summed E-state index contributed by atoms with van der Waals surface area (Å²) in [4.78, 5) is 33.0. The molecule has 0 N–H and O–H groups in total. The zero-order chi connectivity index (χ0) is 25.4. The molecule has 0 radical (unpaired) electrons.